The summed E-state index contributed by atoms with van der Waals surface area (Å²) in [5.74, 6) is 1.60. The summed E-state index contributed by atoms with van der Waals surface area (Å²) in [5.41, 5.74) is 0.384. The maximum Gasteiger partial charge on any atom is 0.350 e. The smallest absolute Gasteiger partial charge is 0.350 e. The molecule has 0 spiro atoms. The maximum absolute atomic E-state index is 7.68. The van der Waals surface area contributed by atoms with Crippen LogP contribution in [0.5, 0.6) is 0 Å². The Morgan fingerprint density at radius 1 is 0.318 bits per heavy atom. The molecule has 0 aromatic rings. The van der Waals surface area contributed by atoms with Crippen LogP contribution in [-0.4, -0.2) is 85.6 Å². The SMILES string of the molecule is CC(C)COC[Si]1(C(C)C)O[Si](COCC(C)C)(C(C)C)O[Si](COCC(C)C)(C(C)C)O[Si](COCC(C)C)(C(C)C)O1. The largest absolute Gasteiger partial charge is 0.412 e. The molecule has 1 rings (SSSR count). The Morgan fingerprint density at radius 3 is 0.591 bits per heavy atom. The van der Waals surface area contributed by atoms with Crippen molar-refractivity contribution in [3.05, 3.63) is 0 Å². The molecule has 0 radical (unpaired) electrons. The minimum atomic E-state index is -3.13. The van der Waals surface area contributed by atoms with E-state index in [9.17, 15) is 0 Å². The molecule has 0 unspecified atom stereocenters. The fourth-order valence-electron chi connectivity index (χ4n) is 4.85. The van der Waals surface area contributed by atoms with E-state index >= 15 is 0 Å². The molecule has 0 atom stereocenters. The lowest BCUT2D eigenvalue weighted by Crippen LogP contribution is -2.77. The molecular weight excluding hydrogens is 625 g/mol. The van der Waals surface area contributed by atoms with Gasteiger partial charge in [0.25, 0.3) is 0 Å². The van der Waals surface area contributed by atoms with Crippen molar-refractivity contribution in [1.82, 2.24) is 0 Å². The van der Waals surface area contributed by atoms with E-state index < -0.39 is 34.2 Å². The van der Waals surface area contributed by atoms with Crippen LogP contribution in [0.25, 0.3) is 0 Å². The first-order valence-electron chi connectivity index (χ1n) is 17.4. The fourth-order valence-corrected chi connectivity index (χ4v) is 28.7. The predicted octanol–water partition coefficient (Wildman–Crippen LogP) is 8.32. The second-order valence-corrected chi connectivity index (χ2v) is 31.4. The van der Waals surface area contributed by atoms with Gasteiger partial charge in [-0.1, -0.05) is 111 Å². The van der Waals surface area contributed by atoms with Gasteiger partial charge in [0.1, 0.15) is 0 Å². The van der Waals surface area contributed by atoms with Crippen molar-refractivity contribution in [3.8, 4) is 0 Å². The predicted molar refractivity (Wildman–Crippen MR) is 190 cm³/mol. The summed E-state index contributed by atoms with van der Waals surface area (Å²) >= 11 is 0. The minimum absolute atomic E-state index is 0.0960. The molecule has 0 N–H and O–H groups in total. The molecule has 1 fully saturated rings. The van der Waals surface area contributed by atoms with E-state index in [1.165, 1.54) is 0 Å². The molecular formula is C32H72O8Si4. The lowest BCUT2D eigenvalue weighted by atomic mass is 10.2. The highest BCUT2D eigenvalue weighted by atomic mass is 28.5. The van der Waals surface area contributed by atoms with E-state index in [1.54, 1.807) is 0 Å². The summed E-state index contributed by atoms with van der Waals surface area (Å²) < 4.78 is 56.6. The molecule has 0 aromatic carbocycles. The van der Waals surface area contributed by atoms with Crippen LogP contribution in [0.15, 0.2) is 0 Å². The standard InChI is InChI=1S/C32H72O8Si4/c1-25(2)17-33-21-41(29(9)10)37-42(30(11)12,22-34-18-26(3)4)39-44(32(15)16,24-36-20-28(7)8)40-43(38-41,31(13)14)23-35-19-27(5)6/h25-32H,17-24H2,1-16H3. The molecule has 1 saturated heterocycles. The Kier molecular flexibility index (Phi) is 18.3. The van der Waals surface area contributed by atoms with Crippen molar-refractivity contribution in [2.45, 2.75) is 133 Å². The average molecular weight is 697 g/mol. The van der Waals surface area contributed by atoms with Crippen LogP contribution < -0.4 is 0 Å². The van der Waals surface area contributed by atoms with Gasteiger partial charge in [-0.15, -0.1) is 0 Å². The number of ether oxygens (including phenoxy) is 4. The molecule has 0 aromatic heterocycles. The molecule has 0 saturated carbocycles. The van der Waals surface area contributed by atoms with E-state index in [0.717, 1.165) is 0 Å². The van der Waals surface area contributed by atoms with Crippen LogP contribution in [0.3, 0.4) is 0 Å². The Bertz CT molecular complexity index is 656. The number of hydrogen-bond donors (Lipinski definition) is 0. The Labute approximate surface area is 276 Å². The lowest BCUT2D eigenvalue weighted by Gasteiger charge is -2.56. The molecule has 8 nitrogen and oxygen atoms in total. The summed E-state index contributed by atoms with van der Waals surface area (Å²) in [6, 6.07) is 0. The molecule has 1 aliphatic heterocycles. The second-order valence-electron chi connectivity index (χ2n) is 15.9. The first-order valence-corrected chi connectivity index (χ1v) is 25.8. The third kappa shape index (κ3) is 12.5. The summed E-state index contributed by atoms with van der Waals surface area (Å²) in [5, 5.41) is 0. The van der Waals surface area contributed by atoms with Gasteiger partial charge in [-0.2, -0.15) is 0 Å². The third-order valence-electron chi connectivity index (χ3n) is 7.92. The molecule has 44 heavy (non-hydrogen) atoms. The minimum Gasteiger partial charge on any atom is -0.412 e. The molecule has 264 valence electrons. The Morgan fingerprint density at radius 2 is 0.477 bits per heavy atom. The van der Waals surface area contributed by atoms with Gasteiger partial charge in [-0.05, 0) is 45.8 Å². The first kappa shape index (κ1) is 42.6. The Balaban J connectivity index is 4.00. The van der Waals surface area contributed by atoms with Crippen molar-refractivity contribution in [3.63, 3.8) is 0 Å². The number of hydrogen-bond acceptors (Lipinski definition) is 8. The second kappa shape index (κ2) is 18.9. The van der Waals surface area contributed by atoms with Crippen LogP contribution in [0, 0.1) is 23.7 Å². The highest BCUT2D eigenvalue weighted by molar-refractivity contribution is 6.96. The zero-order valence-electron chi connectivity index (χ0n) is 31.5. The van der Waals surface area contributed by atoms with E-state index in [2.05, 4.69) is 111 Å². The highest BCUT2D eigenvalue weighted by Gasteiger charge is 2.66. The average Bonchev–Trinajstić information content (AvgIpc) is 2.85. The summed E-state index contributed by atoms with van der Waals surface area (Å²) in [6.45, 7) is 37.7. The number of rotatable bonds is 20. The van der Waals surface area contributed by atoms with Gasteiger partial charge < -0.3 is 35.4 Å². The van der Waals surface area contributed by atoms with Crippen LogP contribution in [0.2, 0.25) is 22.2 Å². The highest BCUT2D eigenvalue weighted by Crippen LogP contribution is 2.45. The van der Waals surface area contributed by atoms with E-state index in [-0.39, 0.29) is 22.2 Å². The zero-order valence-corrected chi connectivity index (χ0v) is 35.5. The van der Waals surface area contributed by atoms with Crippen molar-refractivity contribution in [1.29, 1.82) is 0 Å². The van der Waals surface area contributed by atoms with E-state index in [1.807, 2.05) is 0 Å². The summed E-state index contributed by atoms with van der Waals surface area (Å²) in [4.78, 5) is 0. The molecule has 0 aliphatic carbocycles. The van der Waals surface area contributed by atoms with Gasteiger partial charge in [0.05, 0.1) is 24.9 Å². The van der Waals surface area contributed by atoms with Gasteiger partial charge >= 0.3 is 34.2 Å². The third-order valence-corrected chi connectivity index (χ3v) is 28.4. The Hall–Kier alpha value is 0.548. The van der Waals surface area contributed by atoms with Gasteiger partial charge in [0, 0.05) is 26.4 Å². The topological polar surface area (TPSA) is 73.8 Å². The molecule has 1 aliphatic rings. The van der Waals surface area contributed by atoms with Crippen molar-refractivity contribution < 1.29 is 35.4 Å². The normalized spacial score (nSPS) is 28.9. The molecule has 1 heterocycles. The van der Waals surface area contributed by atoms with Gasteiger partial charge in [0.2, 0.25) is 0 Å². The fraction of sp³-hybridized carbons (Fsp3) is 1.00. The van der Waals surface area contributed by atoms with Gasteiger partial charge in [-0.3, -0.25) is 0 Å². The van der Waals surface area contributed by atoms with Crippen molar-refractivity contribution in [2.75, 3.05) is 51.3 Å². The molecule has 12 heteroatoms. The van der Waals surface area contributed by atoms with E-state index in [0.29, 0.717) is 75.0 Å². The molecule has 0 bridgehead atoms. The van der Waals surface area contributed by atoms with Crippen molar-refractivity contribution in [2.24, 2.45) is 23.7 Å². The first-order chi connectivity index (χ1) is 20.3. The monoisotopic (exact) mass is 696 g/mol. The van der Waals surface area contributed by atoms with E-state index in [4.69, 9.17) is 35.4 Å². The summed E-state index contributed by atoms with van der Waals surface area (Å²) in [6.07, 6.45) is 1.69. The van der Waals surface area contributed by atoms with Gasteiger partial charge in [0.15, 0.2) is 0 Å². The quantitative estimate of drug-likeness (QED) is 0.118. The van der Waals surface area contributed by atoms with Crippen LogP contribution >= 0.6 is 0 Å². The van der Waals surface area contributed by atoms with Crippen molar-refractivity contribution >= 4 is 34.2 Å². The summed E-state index contributed by atoms with van der Waals surface area (Å²) in [7, 11) is -12.5. The maximum atomic E-state index is 7.68. The van der Waals surface area contributed by atoms with Crippen LogP contribution in [0.1, 0.15) is 111 Å². The van der Waals surface area contributed by atoms with Crippen LogP contribution in [-0.2, 0) is 35.4 Å². The lowest BCUT2D eigenvalue weighted by molar-refractivity contribution is 0.0638. The molecule has 0 amide bonds. The zero-order chi connectivity index (χ0) is 33.9. The van der Waals surface area contributed by atoms with Gasteiger partial charge in [-0.25, -0.2) is 0 Å². The van der Waals surface area contributed by atoms with Crippen LogP contribution in [0.4, 0.5) is 0 Å².